The average Bonchev–Trinajstić information content (AvgIpc) is 2.47. The van der Waals surface area contributed by atoms with E-state index in [4.69, 9.17) is 0 Å². The summed E-state index contributed by atoms with van der Waals surface area (Å²) in [5, 5.41) is 0. The molecule has 1 saturated heterocycles. The highest BCUT2D eigenvalue weighted by Crippen LogP contribution is 2.19. The van der Waals surface area contributed by atoms with Crippen LogP contribution in [0.25, 0.3) is 0 Å². The lowest BCUT2D eigenvalue weighted by molar-refractivity contribution is 0.360. The number of hydrogen-bond acceptors (Lipinski definition) is 2. The first-order valence-corrected chi connectivity index (χ1v) is 5.86. The molecule has 0 unspecified atom stereocenters. The summed E-state index contributed by atoms with van der Waals surface area (Å²) in [5.74, 6) is -0.102. The largest absolute Gasteiger partial charge is 0.370 e. The molecule has 0 aromatic heterocycles. The van der Waals surface area contributed by atoms with Crippen LogP contribution in [0.5, 0.6) is 0 Å². The maximum atomic E-state index is 13.5. The monoisotopic (exact) mass is 222 g/mol. The van der Waals surface area contributed by atoms with Crippen LogP contribution < -0.4 is 4.90 Å². The number of aryl methyl sites for hydroxylation is 1. The van der Waals surface area contributed by atoms with E-state index in [2.05, 4.69) is 16.8 Å². The molecule has 0 saturated carbocycles. The summed E-state index contributed by atoms with van der Waals surface area (Å²) in [6, 6.07) is 5.53. The van der Waals surface area contributed by atoms with Gasteiger partial charge in [-0.3, -0.25) is 0 Å². The van der Waals surface area contributed by atoms with Crippen LogP contribution in [0, 0.1) is 12.7 Å². The molecule has 0 bridgehead atoms. The minimum Gasteiger partial charge on any atom is -0.370 e. The SMILES string of the molecule is Cc1ccc(N2CCCN(C)CC2)cc1F. The zero-order chi connectivity index (χ0) is 11.5. The predicted molar refractivity (Wildman–Crippen MR) is 65.5 cm³/mol. The molecule has 3 heteroatoms. The van der Waals surface area contributed by atoms with Crippen molar-refractivity contribution in [2.45, 2.75) is 13.3 Å². The predicted octanol–water partition coefficient (Wildman–Crippen LogP) is 2.28. The Morgan fingerprint density at radius 3 is 2.69 bits per heavy atom. The van der Waals surface area contributed by atoms with Crippen LogP contribution in [0.3, 0.4) is 0 Å². The Bertz CT molecular complexity index is 365. The van der Waals surface area contributed by atoms with Crippen molar-refractivity contribution in [1.29, 1.82) is 0 Å². The van der Waals surface area contributed by atoms with Crippen LogP contribution in [-0.4, -0.2) is 38.1 Å². The molecule has 1 heterocycles. The maximum Gasteiger partial charge on any atom is 0.128 e. The van der Waals surface area contributed by atoms with Gasteiger partial charge < -0.3 is 9.80 Å². The highest BCUT2D eigenvalue weighted by atomic mass is 19.1. The lowest BCUT2D eigenvalue weighted by atomic mass is 10.2. The van der Waals surface area contributed by atoms with Crippen molar-refractivity contribution in [3.8, 4) is 0 Å². The highest BCUT2D eigenvalue weighted by molar-refractivity contribution is 5.48. The smallest absolute Gasteiger partial charge is 0.128 e. The fourth-order valence-electron chi connectivity index (χ4n) is 2.08. The van der Waals surface area contributed by atoms with E-state index in [0.29, 0.717) is 0 Å². The van der Waals surface area contributed by atoms with Gasteiger partial charge in [-0.25, -0.2) is 4.39 Å². The first-order chi connectivity index (χ1) is 7.66. The lowest BCUT2D eigenvalue weighted by Crippen LogP contribution is -2.28. The summed E-state index contributed by atoms with van der Waals surface area (Å²) in [4.78, 5) is 4.59. The van der Waals surface area contributed by atoms with E-state index in [-0.39, 0.29) is 5.82 Å². The molecule has 0 spiro atoms. The van der Waals surface area contributed by atoms with Gasteiger partial charge in [0, 0.05) is 25.3 Å². The van der Waals surface area contributed by atoms with Crippen LogP contribution in [-0.2, 0) is 0 Å². The van der Waals surface area contributed by atoms with Crippen LogP contribution in [0.15, 0.2) is 18.2 Å². The number of rotatable bonds is 1. The Labute approximate surface area is 96.7 Å². The first-order valence-electron chi connectivity index (χ1n) is 5.86. The van der Waals surface area contributed by atoms with E-state index >= 15 is 0 Å². The van der Waals surface area contributed by atoms with Crippen molar-refractivity contribution in [3.05, 3.63) is 29.6 Å². The van der Waals surface area contributed by atoms with Gasteiger partial charge in [0.2, 0.25) is 0 Å². The molecule has 0 atom stereocenters. The van der Waals surface area contributed by atoms with Gasteiger partial charge in [0.15, 0.2) is 0 Å². The van der Waals surface area contributed by atoms with Crippen molar-refractivity contribution in [3.63, 3.8) is 0 Å². The molecule has 16 heavy (non-hydrogen) atoms. The Morgan fingerprint density at radius 2 is 1.94 bits per heavy atom. The van der Waals surface area contributed by atoms with Gasteiger partial charge in [0.1, 0.15) is 5.82 Å². The standard InChI is InChI=1S/C13H19FN2/c1-11-4-5-12(10-13(11)14)16-7-3-6-15(2)8-9-16/h4-5,10H,3,6-9H2,1-2H3. The number of nitrogens with zero attached hydrogens (tertiary/aromatic N) is 2. The Kier molecular flexibility index (Phi) is 3.44. The third-order valence-electron chi connectivity index (χ3n) is 3.24. The third-order valence-corrected chi connectivity index (χ3v) is 3.24. The van der Waals surface area contributed by atoms with Gasteiger partial charge in [-0.2, -0.15) is 0 Å². The molecule has 1 fully saturated rings. The van der Waals surface area contributed by atoms with Crippen LogP contribution in [0.2, 0.25) is 0 Å². The topological polar surface area (TPSA) is 6.48 Å². The molecule has 1 aromatic carbocycles. The minimum absolute atomic E-state index is 0.102. The number of benzene rings is 1. The molecule has 2 nitrogen and oxygen atoms in total. The maximum absolute atomic E-state index is 13.5. The summed E-state index contributed by atoms with van der Waals surface area (Å²) in [5.41, 5.74) is 1.73. The van der Waals surface area contributed by atoms with Crippen LogP contribution in [0.1, 0.15) is 12.0 Å². The first kappa shape index (κ1) is 11.4. The van der Waals surface area contributed by atoms with Crippen LogP contribution >= 0.6 is 0 Å². The van der Waals surface area contributed by atoms with Crippen molar-refractivity contribution in [2.75, 3.05) is 38.1 Å². The number of hydrogen-bond donors (Lipinski definition) is 0. The normalized spacial score (nSPS) is 18.6. The Morgan fingerprint density at radius 1 is 1.12 bits per heavy atom. The zero-order valence-corrected chi connectivity index (χ0v) is 10.0. The van der Waals surface area contributed by atoms with E-state index in [1.165, 1.54) is 0 Å². The summed E-state index contributed by atoms with van der Waals surface area (Å²) in [7, 11) is 2.14. The van der Waals surface area contributed by atoms with Crippen molar-refractivity contribution in [1.82, 2.24) is 4.90 Å². The fraction of sp³-hybridized carbons (Fsp3) is 0.538. The quantitative estimate of drug-likeness (QED) is 0.719. The van der Waals surface area contributed by atoms with E-state index in [1.54, 1.807) is 13.0 Å². The third kappa shape index (κ3) is 2.53. The zero-order valence-electron chi connectivity index (χ0n) is 10.0. The molecule has 0 radical (unpaired) electrons. The molecule has 0 amide bonds. The van der Waals surface area contributed by atoms with E-state index < -0.39 is 0 Å². The Balaban J connectivity index is 2.13. The molecule has 0 aliphatic carbocycles. The highest BCUT2D eigenvalue weighted by Gasteiger charge is 2.13. The average molecular weight is 222 g/mol. The van der Waals surface area contributed by atoms with Gasteiger partial charge in [-0.1, -0.05) is 6.07 Å². The van der Waals surface area contributed by atoms with Gasteiger partial charge in [-0.05, 0) is 44.6 Å². The molecule has 1 aliphatic rings. The molecular weight excluding hydrogens is 203 g/mol. The second kappa shape index (κ2) is 4.83. The minimum atomic E-state index is -0.102. The Hall–Kier alpha value is -1.09. The van der Waals surface area contributed by atoms with Gasteiger partial charge in [-0.15, -0.1) is 0 Å². The molecular formula is C13H19FN2. The number of likely N-dealkylation sites (N-methyl/N-ethyl adjacent to an activating group) is 1. The van der Waals surface area contributed by atoms with E-state index in [0.717, 1.165) is 43.9 Å². The van der Waals surface area contributed by atoms with Crippen molar-refractivity contribution < 1.29 is 4.39 Å². The molecule has 88 valence electrons. The number of anilines is 1. The lowest BCUT2D eigenvalue weighted by Gasteiger charge is -2.23. The van der Waals surface area contributed by atoms with Gasteiger partial charge in [0.05, 0.1) is 0 Å². The summed E-state index contributed by atoms with van der Waals surface area (Å²) in [6.45, 7) is 5.99. The molecule has 2 rings (SSSR count). The molecule has 1 aliphatic heterocycles. The van der Waals surface area contributed by atoms with E-state index in [9.17, 15) is 4.39 Å². The van der Waals surface area contributed by atoms with Crippen molar-refractivity contribution >= 4 is 5.69 Å². The summed E-state index contributed by atoms with van der Waals surface area (Å²) in [6.07, 6.45) is 1.14. The summed E-state index contributed by atoms with van der Waals surface area (Å²) < 4.78 is 13.5. The van der Waals surface area contributed by atoms with Crippen molar-refractivity contribution in [2.24, 2.45) is 0 Å². The van der Waals surface area contributed by atoms with Crippen LogP contribution in [0.4, 0.5) is 10.1 Å². The fourth-order valence-corrected chi connectivity index (χ4v) is 2.08. The van der Waals surface area contributed by atoms with Gasteiger partial charge >= 0.3 is 0 Å². The van der Waals surface area contributed by atoms with E-state index in [1.807, 2.05) is 12.1 Å². The second-order valence-corrected chi connectivity index (χ2v) is 4.58. The molecule has 1 aromatic rings. The van der Waals surface area contributed by atoms with Gasteiger partial charge in [0.25, 0.3) is 0 Å². The number of halogens is 1. The second-order valence-electron chi connectivity index (χ2n) is 4.58. The summed E-state index contributed by atoms with van der Waals surface area (Å²) >= 11 is 0. The molecule has 0 N–H and O–H groups in total.